The third-order valence-electron chi connectivity index (χ3n) is 3.73. The van der Waals surface area contributed by atoms with Gasteiger partial charge >= 0.3 is 10.3 Å². The van der Waals surface area contributed by atoms with Crippen molar-refractivity contribution >= 4 is 32.9 Å². The molecule has 0 radical (unpaired) electrons. The van der Waals surface area contributed by atoms with E-state index in [4.69, 9.17) is 9.47 Å². The van der Waals surface area contributed by atoms with Crippen molar-refractivity contribution in [2.45, 2.75) is 44.8 Å². The summed E-state index contributed by atoms with van der Waals surface area (Å²) in [6.07, 6.45) is -0.123. The molecule has 1 fully saturated rings. The molecule has 8 heteroatoms. The molecular weight excluding hydrogens is 421 g/mol. The van der Waals surface area contributed by atoms with E-state index >= 15 is 0 Å². The van der Waals surface area contributed by atoms with Crippen molar-refractivity contribution in [2.24, 2.45) is 0 Å². The van der Waals surface area contributed by atoms with Gasteiger partial charge in [0.1, 0.15) is 6.10 Å². The van der Waals surface area contributed by atoms with Gasteiger partial charge in [-0.2, -0.15) is 13.1 Å². The molecule has 1 heterocycles. The number of benzene rings is 1. The summed E-state index contributed by atoms with van der Waals surface area (Å²) in [5, 5.41) is 0. The highest BCUT2D eigenvalue weighted by molar-refractivity contribution is 14.1. The normalized spacial score (nSPS) is 24.5. The molecule has 0 amide bonds. The van der Waals surface area contributed by atoms with Gasteiger partial charge in [0.25, 0.3) is 0 Å². The van der Waals surface area contributed by atoms with E-state index in [1.807, 2.05) is 38.1 Å². The Hall–Kier alpha value is -0.260. The highest BCUT2D eigenvalue weighted by Crippen LogP contribution is 2.42. The predicted octanol–water partition coefficient (Wildman–Crippen LogP) is 2.70. The molecule has 6 nitrogen and oxygen atoms in total. The minimum atomic E-state index is -3.88. The zero-order valence-corrected chi connectivity index (χ0v) is 15.7. The maximum Gasteiger partial charge on any atom is 0.337 e. The summed E-state index contributed by atoms with van der Waals surface area (Å²) >= 11 is 2.20. The van der Waals surface area contributed by atoms with Crippen LogP contribution in [-0.2, 0) is 24.0 Å². The Balaban J connectivity index is 2.37. The quantitative estimate of drug-likeness (QED) is 0.688. The number of hydrogen-bond donors (Lipinski definition) is 1. The number of nitrogens with one attached hydrogen (secondary N) is 1. The van der Waals surface area contributed by atoms with Gasteiger partial charge in [-0.25, -0.2) is 0 Å². The second-order valence-electron chi connectivity index (χ2n) is 4.95. The van der Waals surface area contributed by atoms with Crippen molar-refractivity contribution in [3.05, 3.63) is 33.4 Å². The van der Waals surface area contributed by atoms with Crippen molar-refractivity contribution in [1.82, 2.24) is 4.72 Å². The lowest BCUT2D eigenvalue weighted by Crippen LogP contribution is -2.40. The molecule has 0 aliphatic carbocycles. The van der Waals surface area contributed by atoms with E-state index in [1.165, 1.54) is 0 Å². The molecule has 2 atom stereocenters. The molecule has 0 saturated carbocycles. The van der Waals surface area contributed by atoms with Gasteiger partial charge in [0, 0.05) is 3.57 Å². The lowest BCUT2D eigenvalue weighted by Gasteiger charge is -2.25. The number of hydrogen-bond acceptors (Lipinski definition) is 5. The maximum atomic E-state index is 11.7. The van der Waals surface area contributed by atoms with Crippen molar-refractivity contribution in [2.75, 3.05) is 7.11 Å². The minimum absolute atomic E-state index is 0.530. The molecule has 0 aromatic heterocycles. The van der Waals surface area contributed by atoms with Gasteiger partial charge in [0.15, 0.2) is 12.0 Å². The average molecular weight is 441 g/mol. The standard InChI is InChI=1S/C14H20INO5S/c1-4-14(5-2)20-12(10-8-6-7-9-11(10)15)13(21-14)16-22(17,18)19-3/h6-9,12-13,16H,4-5H2,1-3H3. The minimum Gasteiger partial charge on any atom is -0.338 e. The molecule has 1 aromatic rings. The van der Waals surface area contributed by atoms with E-state index < -0.39 is 28.4 Å². The van der Waals surface area contributed by atoms with Gasteiger partial charge in [-0.3, -0.25) is 4.18 Å². The second-order valence-corrected chi connectivity index (χ2v) is 7.59. The smallest absolute Gasteiger partial charge is 0.337 e. The molecule has 1 saturated heterocycles. The molecular formula is C14H20INO5S. The fourth-order valence-corrected chi connectivity index (χ4v) is 3.65. The maximum absolute atomic E-state index is 11.7. The van der Waals surface area contributed by atoms with Crippen molar-refractivity contribution in [3.8, 4) is 0 Å². The van der Waals surface area contributed by atoms with Crippen molar-refractivity contribution in [3.63, 3.8) is 0 Å². The van der Waals surface area contributed by atoms with Gasteiger partial charge in [-0.1, -0.05) is 32.0 Å². The van der Waals surface area contributed by atoms with E-state index in [-0.39, 0.29) is 0 Å². The molecule has 0 bridgehead atoms. The molecule has 0 spiro atoms. The van der Waals surface area contributed by atoms with Crippen molar-refractivity contribution < 1.29 is 22.1 Å². The van der Waals surface area contributed by atoms with Crippen LogP contribution in [-0.4, -0.2) is 27.5 Å². The fraction of sp³-hybridized carbons (Fsp3) is 0.571. The number of ether oxygens (including phenoxy) is 2. The summed E-state index contributed by atoms with van der Waals surface area (Å²) in [5.74, 6) is -0.801. The van der Waals surface area contributed by atoms with E-state index in [0.717, 1.165) is 16.2 Å². The van der Waals surface area contributed by atoms with Crippen LogP contribution in [0.5, 0.6) is 0 Å². The Bertz CT molecular complexity index is 617. The monoisotopic (exact) mass is 441 g/mol. The van der Waals surface area contributed by atoms with E-state index in [9.17, 15) is 8.42 Å². The van der Waals surface area contributed by atoms with Crippen LogP contribution >= 0.6 is 22.6 Å². The summed E-state index contributed by atoms with van der Waals surface area (Å²) in [7, 11) is -2.78. The molecule has 1 N–H and O–H groups in total. The largest absolute Gasteiger partial charge is 0.338 e. The zero-order chi connectivity index (χ0) is 16.4. The highest BCUT2D eigenvalue weighted by Gasteiger charge is 2.48. The summed E-state index contributed by atoms with van der Waals surface area (Å²) < 4.78 is 43.3. The van der Waals surface area contributed by atoms with E-state index in [0.29, 0.717) is 12.8 Å². The molecule has 2 unspecified atom stereocenters. The molecule has 2 rings (SSSR count). The first-order valence-electron chi connectivity index (χ1n) is 7.04. The van der Waals surface area contributed by atoms with Crippen LogP contribution in [0, 0.1) is 3.57 Å². The molecule has 1 aliphatic rings. The Morgan fingerprint density at radius 2 is 1.91 bits per heavy atom. The Morgan fingerprint density at radius 1 is 1.27 bits per heavy atom. The topological polar surface area (TPSA) is 73.9 Å². The fourth-order valence-electron chi connectivity index (χ4n) is 2.41. The van der Waals surface area contributed by atoms with Crippen LogP contribution in [0.3, 0.4) is 0 Å². The van der Waals surface area contributed by atoms with Gasteiger partial charge in [0.05, 0.1) is 7.11 Å². The summed E-state index contributed by atoms with van der Waals surface area (Å²) in [6, 6.07) is 7.66. The highest BCUT2D eigenvalue weighted by atomic mass is 127. The molecule has 1 aromatic carbocycles. The summed E-state index contributed by atoms with van der Waals surface area (Å²) in [5.41, 5.74) is 0.885. The van der Waals surface area contributed by atoms with Gasteiger partial charge in [-0.05, 0) is 47.1 Å². The average Bonchev–Trinajstić information content (AvgIpc) is 2.86. The van der Waals surface area contributed by atoms with Gasteiger partial charge < -0.3 is 9.47 Å². The lowest BCUT2D eigenvalue weighted by molar-refractivity contribution is -0.180. The molecule has 22 heavy (non-hydrogen) atoms. The van der Waals surface area contributed by atoms with Gasteiger partial charge in [-0.15, -0.1) is 0 Å². The number of halogens is 1. The van der Waals surface area contributed by atoms with E-state index in [2.05, 4.69) is 31.5 Å². The van der Waals surface area contributed by atoms with Crippen LogP contribution in [0.4, 0.5) is 0 Å². The first kappa shape index (κ1) is 18.1. The van der Waals surface area contributed by atoms with Crippen LogP contribution < -0.4 is 4.72 Å². The first-order chi connectivity index (χ1) is 10.4. The Kier molecular flexibility index (Phi) is 5.84. The second kappa shape index (κ2) is 7.10. The summed E-state index contributed by atoms with van der Waals surface area (Å²) in [6.45, 7) is 3.90. The Morgan fingerprint density at radius 3 is 2.45 bits per heavy atom. The lowest BCUT2D eigenvalue weighted by atomic mass is 10.1. The van der Waals surface area contributed by atoms with Crippen LogP contribution in [0.2, 0.25) is 0 Å². The summed E-state index contributed by atoms with van der Waals surface area (Å²) in [4.78, 5) is 0. The SMILES string of the molecule is CCC1(CC)OC(NS(=O)(=O)OC)C(c2ccccc2I)O1. The third-order valence-corrected chi connectivity index (χ3v) is 5.67. The first-order valence-corrected chi connectivity index (χ1v) is 9.53. The Labute approximate surface area is 144 Å². The predicted molar refractivity (Wildman–Crippen MR) is 90.2 cm³/mol. The molecule has 1 aliphatic heterocycles. The number of rotatable bonds is 6. The van der Waals surface area contributed by atoms with Gasteiger partial charge in [0.2, 0.25) is 0 Å². The van der Waals surface area contributed by atoms with Crippen LogP contribution in [0.15, 0.2) is 24.3 Å². The van der Waals surface area contributed by atoms with E-state index in [1.54, 1.807) is 0 Å². The zero-order valence-electron chi connectivity index (χ0n) is 12.7. The van der Waals surface area contributed by atoms with Crippen LogP contribution in [0.1, 0.15) is 38.4 Å². The van der Waals surface area contributed by atoms with Crippen LogP contribution in [0.25, 0.3) is 0 Å². The molecule has 124 valence electrons. The third kappa shape index (κ3) is 3.80. The van der Waals surface area contributed by atoms with Crippen molar-refractivity contribution in [1.29, 1.82) is 0 Å².